The Morgan fingerprint density at radius 3 is 3.00 bits per heavy atom. The van der Waals surface area contributed by atoms with Gasteiger partial charge in [-0.2, -0.15) is 0 Å². The van der Waals surface area contributed by atoms with Gasteiger partial charge in [0.1, 0.15) is 5.82 Å². The monoisotopic (exact) mass is 264 g/mol. The quantitative estimate of drug-likeness (QED) is 0.829. The molecule has 0 N–H and O–H groups in total. The molecule has 0 aliphatic rings. The van der Waals surface area contributed by atoms with Gasteiger partial charge in [0.15, 0.2) is 0 Å². The van der Waals surface area contributed by atoms with E-state index >= 15 is 0 Å². The molecule has 78 valence electrons. The van der Waals surface area contributed by atoms with Crippen LogP contribution in [0.15, 0.2) is 41.1 Å². The molecule has 3 heteroatoms. The third-order valence-corrected chi connectivity index (χ3v) is 2.77. The molecule has 2 aromatic rings. The van der Waals surface area contributed by atoms with E-state index in [1.54, 1.807) is 0 Å². The molecule has 15 heavy (non-hydrogen) atoms. The summed E-state index contributed by atoms with van der Waals surface area (Å²) in [5.41, 5.74) is 1.16. The molecule has 0 unspecified atom stereocenters. The predicted molar refractivity (Wildman–Crippen MR) is 65.3 cm³/mol. The van der Waals surface area contributed by atoms with Gasteiger partial charge in [0, 0.05) is 29.0 Å². The normalized spacial score (nSPS) is 10.5. The van der Waals surface area contributed by atoms with E-state index in [4.69, 9.17) is 0 Å². The van der Waals surface area contributed by atoms with Crippen LogP contribution in [0.5, 0.6) is 0 Å². The van der Waals surface area contributed by atoms with Crippen molar-refractivity contribution in [3.63, 3.8) is 0 Å². The number of nitrogens with zero attached hydrogens (tertiary/aromatic N) is 2. The van der Waals surface area contributed by atoms with Crippen LogP contribution in [-0.2, 0) is 6.42 Å². The molecule has 2 nitrogen and oxygen atoms in total. The number of halogens is 1. The number of hydrogen-bond donors (Lipinski definition) is 0. The highest BCUT2D eigenvalue weighted by atomic mass is 79.9. The number of hydrogen-bond acceptors (Lipinski definition) is 1. The fourth-order valence-electron chi connectivity index (χ4n) is 1.60. The van der Waals surface area contributed by atoms with Gasteiger partial charge in [-0.05, 0) is 24.6 Å². The minimum Gasteiger partial charge on any atom is -0.304 e. The molecule has 0 aliphatic carbocycles. The fourth-order valence-corrected chi connectivity index (χ4v) is 1.99. The Morgan fingerprint density at radius 1 is 1.40 bits per heavy atom. The first-order valence-corrected chi connectivity index (χ1v) is 5.88. The van der Waals surface area contributed by atoms with Crippen molar-refractivity contribution in [1.82, 2.24) is 9.55 Å². The summed E-state index contributed by atoms with van der Waals surface area (Å²) in [6.45, 7) is 2.17. The summed E-state index contributed by atoms with van der Waals surface area (Å²) in [6.07, 6.45) is 5.99. The van der Waals surface area contributed by atoms with Gasteiger partial charge in [0.05, 0.1) is 0 Å². The van der Waals surface area contributed by atoms with Crippen LogP contribution in [0.4, 0.5) is 0 Å². The SMILES string of the molecule is CCCc1nccn1-c1cccc(Br)c1. The lowest BCUT2D eigenvalue weighted by Crippen LogP contribution is -1.99. The Morgan fingerprint density at radius 2 is 2.27 bits per heavy atom. The smallest absolute Gasteiger partial charge is 0.113 e. The molecule has 0 aliphatic heterocycles. The standard InChI is InChI=1S/C12H13BrN2/c1-2-4-12-14-7-8-15(12)11-6-3-5-10(13)9-11/h3,5-9H,2,4H2,1H3. The van der Waals surface area contributed by atoms with Gasteiger partial charge < -0.3 is 4.57 Å². The molecule has 0 saturated heterocycles. The van der Waals surface area contributed by atoms with Crippen molar-refractivity contribution in [2.45, 2.75) is 19.8 Å². The van der Waals surface area contributed by atoms with Gasteiger partial charge in [0.2, 0.25) is 0 Å². The molecular weight excluding hydrogens is 252 g/mol. The van der Waals surface area contributed by atoms with Gasteiger partial charge in [-0.3, -0.25) is 0 Å². The first-order chi connectivity index (χ1) is 7.31. The van der Waals surface area contributed by atoms with Crippen molar-refractivity contribution < 1.29 is 0 Å². The maximum Gasteiger partial charge on any atom is 0.113 e. The van der Waals surface area contributed by atoms with Gasteiger partial charge in [-0.15, -0.1) is 0 Å². The molecule has 0 spiro atoms. The van der Waals surface area contributed by atoms with Gasteiger partial charge in [0.25, 0.3) is 0 Å². The van der Waals surface area contributed by atoms with Gasteiger partial charge >= 0.3 is 0 Å². The first kappa shape index (κ1) is 10.4. The molecule has 0 bridgehead atoms. The number of benzene rings is 1. The maximum absolute atomic E-state index is 4.36. The average Bonchev–Trinajstić information content (AvgIpc) is 2.66. The number of rotatable bonds is 3. The zero-order valence-electron chi connectivity index (χ0n) is 8.65. The summed E-state index contributed by atoms with van der Waals surface area (Å²) >= 11 is 3.48. The zero-order chi connectivity index (χ0) is 10.7. The third-order valence-electron chi connectivity index (χ3n) is 2.28. The minimum absolute atomic E-state index is 1.01. The second-order valence-corrected chi connectivity index (χ2v) is 4.36. The van der Waals surface area contributed by atoms with E-state index in [1.165, 1.54) is 0 Å². The highest BCUT2D eigenvalue weighted by molar-refractivity contribution is 9.10. The van der Waals surface area contributed by atoms with Crippen molar-refractivity contribution in [2.24, 2.45) is 0 Å². The summed E-state index contributed by atoms with van der Waals surface area (Å²) in [4.78, 5) is 4.36. The van der Waals surface area contributed by atoms with Crippen LogP contribution in [-0.4, -0.2) is 9.55 Å². The molecule has 1 aromatic carbocycles. The topological polar surface area (TPSA) is 17.8 Å². The Hall–Kier alpha value is -1.09. The van der Waals surface area contributed by atoms with Crippen LogP contribution in [0.1, 0.15) is 19.2 Å². The number of imidazole rings is 1. The summed E-state index contributed by atoms with van der Waals surface area (Å²) in [5, 5.41) is 0. The molecule has 0 amide bonds. The lowest BCUT2D eigenvalue weighted by molar-refractivity contribution is 0.809. The number of aryl methyl sites for hydroxylation is 1. The molecule has 1 heterocycles. The van der Waals surface area contributed by atoms with Gasteiger partial charge in [-0.1, -0.05) is 28.9 Å². The predicted octanol–water partition coefficient (Wildman–Crippen LogP) is 3.59. The van der Waals surface area contributed by atoms with Crippen LogP contribution in [0, 0.1) is 0 Å². The second-order valence-electron chi connectivity index (χ2n) is 3.44. The minimum atomic E-state index is 1.01. The average molecular weight is 265 g/mol. The largest absolute Gasteiger partial charge is 0.304 e. The molecule has 0 atom stereocenters. The van der Waals surface area contributed by atoms with E-state index < -0.39 is 0 Å². The zero-order valence-corrected chi connectivity index (χ0v) is 10.2. The van der Waals surface area contributed by atoms with Crippen molar-refractivity contribution in [3.8, 4) is 5.69 Å². The third kappa shape index (κ3) is 2.29. The van der Waals surface area contributed by atoms with E-state index in [9.17, 15) is 0 Å². The Balaban J connectivity index is 2.40. The molecular formula is C12H13BrN2. The lowest BCUT2D eigenvalue weighted by Gasteiger charge is -2.07. The fraction of sp³-hybridized carbons (Fsp3) is 0.250. The Kier molecular flexibility index (Phi) is 3.21. The van der Waals surface area contributed by atoms with E-state index in [1.807, 2.05) is 24.5 Å². The molecule has 1 aromatic heterocycles. The van der Waals surface area contributed by atoms with Crippen molar-refractivity contribution in [2.75, 3.05) is 0 Å². The highest BCUT2D eigenvalue weighted by Crippen LogP contribution is 2.17. The Labute approximate surface area is 98.1 Å². The maximum atomic E-state index is 4.36. The van der Waals surface area contributed by atoms with E-state index in [2.05, 4.69) is 44.5 Å². The number of aromatic nitrogens is 2. The van der Waals surface area contributed by atoms with Crippen LogP contribution in [0.2, 0.25) is 0 Å². The van der Waals surface area contributed by atoms with Gasteiger partial charge in [-0.25, -0.2) is 4.98 Å². The van der Waals surface area contributed by atoms with E-state index in [0.29, 0.717) is 0 Å². The second kappa shape index (κ2) is 4.62. The van der Waals surface area contributed by atoms with Crippen molar-refractivity contribution in [1.29, 1.82) is 0 Å². The highest BCUT2D eigenvalue weighted by Gasteiger charge is 2.03. The summed E-state index contributed by atoms with van der Waals surface area (Å²) in [7, 11) is 0. The summed E-state index contributed by atoms with van der Waals surface area (Å²) in [6, 6.07) is 8.25. The molecule has 0 saturated carbocycles. The van der Waals surface area contributed by atoms with Crippen LogP contribution in [0.3, 0.4) is 0 Å². The van der Waals surface area contributed by atoms with Crippen LogP contribution >= 0.6 is 15.9 Å². The molecule has 0 radical (unpaired) electrons. The van der Waals surface area contributed by atoms with E-state index in [0.717, 1.165) is 28.8 Å². The molecule has 0 fully saturated rings. The molecule has 2 rings (SSSR count). The van der Waals surface area contributed by atoms with E-state index in [-0.39, 0.29) is 0 Å². The lowest BCUT2D eigenvalue weighted by atomic mass is 10.3. The Bertz CT molecular complexity index is 448. The van der Waals surface area contributed by atoms with Crippen LogP contribution < -0.4 is 0 Å². The first-order valence-electron chi connectivity index (χ1n) is 5.09. The van der Waals surface area contributed by atoms with Crippen molar-refractivity contribution in [3.05, 3.63) is 47.0 Å². The summed E-state index contributed by atoms with van der Waals surface area (Å²) < 4.78 is 3.23. The van der Waals surface area contributed by atoms with Crippen molar-refractivity contribution >= 4 is 15.9 Å². The summed E-state index contributed by atoms with van der Waals surface area (Å²) in [5.74, 6) is 1.12. The van der Waals surface area contributed by atoms with Crippen LogP contribution in [0.25, 0.3) is 5.69 Å².